The molecule has 28 heavy (non-hydrogen) atoms. The van der Waals surface area contributed by atoms with E-state index in [0.29, 0.717) is 19.0 Å². The number of Topliss-reactive ketones (excluding diaryl/α,β-unsaturated/α-hetero) is 1. The third-order valence-corrected chi connectivity index (χ3v) is 5.40. The number of likely N-dealkylation sites (N-methyl/N-ethyl adjacent to an activating group) is 1. The molecule has 1 atom stereocenters. The highest BCUT2D eigenvalue weighted by Gasteiger charge is 2.23. The Balaban J connectivity index is 1.48. The molecule has 3 heterocycles. The van der Waals surface area contributed by atoms with Crippen molar-refractivity contribution in [1.29, 1.82) is 0 Å². The van der Waals surface area contributed by atoms with Gasteiger partial charge in [-0.3, -0.25) is 14.4 Å². The Labute approximate surface area is 165 Å². The first kappa shape index (κ1) is 18.7. The number of fused-ring (bicyclic) bond motifs is 1. The summed E-state index contributed by atoms with van der Waals surface area (Å²) in [6, 6.07) is 8.44. The maximum absolute atomic E-state index is 12.6. The van der Waals surface area contributed by atoms with Crippen LogP contribution in [0.3, 0.4) is 0 Å². The normalized spacial score (nSPS) is 18.6. The Bertz CT molecular complexity index is 997. The molecule has 1 aliphatic heterocycles. The second kappa shape index (κ2) is 7.77. The Hall–Kier alpha value is -2.64. The van der Waals surface area contributed by atoms with Gasteiger partial charge in [-0.1, -0.05) is 6.07 Å². The monoisotopic (exact) mass is 378 g/mol. The molecule has 2 aromatic heterocycles. The standard InChI is InChI=1S/C21H26N6O/c1-15-12-25(2)6-7-27(15)14-20(28)10-19-9-17-8-16(4-5-21(17)24-23-19)18-11-22-26(3)13-18/h4-5,8-9,11,13,15H,6-7,10,12,14H2,1-3H3/t15-/m0/s1. The zero-order valence-corrected chi connectivity index (χ0v) is 16.7. The van der Waals surface area contributed by atoms with Crippen molar-refractivity contribution in [3.63, 3.8) is 0 Å². The molecule has 1 saturated heterocycles. The Morgan fingerprint density at radius 1 is 1.14 bits per heavy atom. The lowest BCUT2D eigenvalue weighted by Gasteiger charge is -2.37. The topological polar surface area (TPSA) is 67.2 Å². The van der Waals surface area contributed by atoms with Crippen molar-refractivity contribution in [3.8, 4) is 11.1 Å². The van der Waals surface area contributed by atoms with Gasteiger partial charge in [0.25, 0.3) is 0 Å². The van der Waals surface area contributed by atoms with Crippen molar-refractivity contribution in [2.45, 2.75) is 19.4 Å². The van der Waals surface area contributed by atoms with E-state index in [4.69, 9.17) is 0 Å². The SMILES string of the molecule is C[C@H]1CN(C)CCN1CC(=O)Cc1cc2cc(-c3cnn(C)c3)ccc2nn1. The number of piperazine rings is 1. The van der Waals surface area contributed by atoms with Gasteiger partial charge in [0.15, 0.2) is 5.78 Å². The maximum Gasteiger partial charge on any atom is 0.152 e. The molecule has 0 saturated carbocycles. The van der Waals surface area contributed by atoms with E-state index in [1.807, 2.05) is 37.6 Å². The first-order valence-electron chi connectivity index (χ1n) is 9.67. The molecule has 0 aliphatic carbocycles. The summed E-state index contributed by atoms with van der Waals surface area (Å²) in [4.78, 5) is 17.2. The lowest BCUT2D eigenvalue weighted by Crippen LogP contribution is -2.52. The molecule has 7 nitrogen and oxygen atoms in total. The van der Waals surface area contributed by atoms with Crippen LogP contribution in [0.2, 0.25) is 0 Å². The fourth-order valence-corrected chi connectivity index (χ4v) is 3.82. The Kier molecular flexibility index (Phi) is 5.19. The van der Waals surface area contributed by atoms with Crippen LogP contribution in [0.15, 0.2) is 36.7 Å². The second-order valence-electron chi connectivity index (χ2n) is 7.81. The third kappa shape index (κ3) is 4.10. The molecule has 4 rings (SSSR count). The molecule has 0 radical (unpaired) electrons. The number of hydrogen-bond donors (Lipinski definition) is 0. The van der Waals surface area contributed by atoms with Gasteiger partial charge < -0.3 is 4.90 Å². The number of nitrogens with zero attached hydrogens (tertiary/aromatic N) is 6. The zero-order chi connectivity index (χ0) is 19.7. The maximum atomic E-state index is 12.6. The number of rotatable bonds is 5. The number of carbonyl (C=O) groups excluding carboxylic acids is 1. The molecule has 1 aromatic carbocycles. The van der Waals surface area contributed by atoms with Crippen molar-refractivity contribution in [2.24, 2.45) is 7.05 Å². The van der Waals surface area contributed by atoms with E-state index in [2.05, 4.69) is 45.1 Å². The van der Waals surface area contributed by atoms with Gasteiger partial charge in [-0.25, -0.2) is 0 Å². The van der Waals surface area contributed by atoms with E-state index in [0.717, 1.165) is 47.4 Å². The van der Waals surface area contributed by atoms with Crippen LogP contribution in [0.25, 0.3) is 22.0 Å². The van der Waals surface area contributed by atoms with E-state index in [1.54, 1.807) is 4.68 Å². The summed E-state index contributed by atoms with van der Waals surface area (Å²) in [6.45, 7) is 5.59. The van der Waals surface area contributed by atoms with Crippen LogP contribution in [-0.2, 0) is 18.3 Å². The summed E-state index contributed by atoms with van der Waals surface area (Å²) >= 11 is 0. The van der Waals surface area contributed by atoms with Crippen LogP contribution in [-0.4, -0.2) is 74.8 Å². The van der Waals surface area contributed by atoms with Gasteiger partial charge in [0.1, 0.15) is 0 Å². The van der Waals surface area contributed by atoms with Crippen molar-refractivity contribution >= 4 is 16.7 Å². The second-order valence-corrected chi connectivity index (χ2v) is 7.81. The molecule has 1 fully saturated rings. The van der Waals surface area contributed by atoms with Gasteiger partial charge in [0.2, 0.25) is 0 Å². The molecular weight excluding hydrogens is 352 g/mol. The smallest absolute Gasteiger partial charge is 0.152 e. The quantitative estimate of drug-likeness (QED) is 0.674. The van der Waals surface area contributed by atoms with E-state index < -0.39 is 0 Å². The minimum atomic E-state index is 0.188. The van der Waals surface area contributed by atoms with Gasteiger partial charge in [0.05, 0.1) is 30.4 Å². The minimum absolute atomic E-state index is 0.188. The molecule has 146 valence electrons. The van der Waals surface area contributed by atoms with Gasteiger partial charge in [-0.05, 0) is 37.7 Å². The minimum Gasteiger partial charge on any atom is -0.304 e. The van der Waals surface area contributed by atoms with Crippen LogP contribution in [0.1, 0.15) is 12.6 Å². The Morgan fingerprint density at radius 3 is 2.75 bits per heavy atom. The number of hydrogen-bond acceptors (Lipinski definition) is 6. The number of benzene rings is 1. The summed E-state index contributed by atoms with van der Waals surface area (Å²) in [5.41, 5.74) is 3.69. The highest BCUT2D eigenvalue weighted by molar-refractivity contribution is 5.86. The summed E-state index contributed by atoms with van der Waals surface area (Å²) < 4.78 is 1.79. The lowest BCUT2D eigenvalue weighted by atomic mass is 10.1. The van der Waals surface area contributed by atoms with Crippen LogP contribution in [0.4, 0.5) is 0 Å². The molecular formula is C21H26N6O. The average molecular weight is 378 g/mol. The van der Waals surface area contributed by atoms with Crippen LogP contribution >= 0.6 is 0 Å². The average Bonchev–Trinajstić information content (AvgIpc) is 3.10. The van der Waals surface area contributed by atoms with E-state index in [-0.39, 0.29) is 5.78 Å². The highest BCUT2D eigenvalue weighted by atomic mass is 16.1. The molecule has 0 spiro atoms. The van der Waals surface area contributed by atoms with Crippen molar-refractivity contribution in [1.82, 2.24) is 29.8 Å². The largest absolute Gasteiger partial charge is 0.304 e. The molecule has 0 amide bonds. The van der Waals surface area contributed by atoms with Crippen LogP contribution in [0.5, 0.6) is 0 Å². The summed E-state index contributed by atoms with van der Waals surface area (Å²) in [5, 5.41) is 13.8. The van der Waals surface area contributed by atoms with Crippen LogP contribution < -0.4 is 0 Å². The Morgan fingerprint density at radius 2 is 2.00 bits per heavy atom. The third-order valence-electron chi connectivity index (χ3n) is 5.40. The summed E-state index contributed by atoms with van der Waals surface area (Å²) in [7, 11) is 4.03. The summed E-state index contributed by atoms with van der Waals surface area (Å²) in [6.07, 6.45) is 4.15. The van der Waals surface area contributed by atoms with E-state index in [9.17, 15) is 4.79 Å². The highest BCUT2D eigenvalue weighted by Crippen LogP contribution is 2.23. The first-order valence-corrected chi connectivity index (χ1v) is 9.67. The lowest BCUT2D eigenvalue weighted by molar-refractivity contribution is -0.120. The number of aromatic nitrogens is 4. The fourth-order valence-electron chi connectivity index (χ4n) is 3.82. The van der Waals surface area contributed by atoms with Crippen LogP contribution in [0, 0.1) is 0 Å². The predicted molar refractivity (Wildman–Crippen MR) is 109 cm³/mol. The number of ketones is 1. The summed E-state index contributed by atoms with van der Waals surface area (Å²) in [5.74, 6) is 0.188. The number of aryl methyl sites for hydroxylation is 1. The number of carbonyl (C=O) groups is 1. The van der Waals surface area contributed by atoms with Gasteiger partial charge in [-0.15, -0.1) is 0 Å². The van der Waals surface area contributed by atoms with Crippen molar-refractivity contribution in [2.75, 3.05) is 33.2 Å². The van der Waals surface area contributed by atoms with Gasteiger partial charge in [0, 0.05) is 49.9 Å². The van der Waals surface area contributed by atoms with E-state index >= 15 is 0 Å². The fraction of sp³-hybridized carbons (Fsp3) is 0.429. The van der Waals surface area contributed by atoms with E-state index in [1.165, 1.54) is 0 Å². The molecule has 0 unspecified atom stereocenters. The first-order chi connectivity index (χ1) is 13.5. The van der Waals surface area contributed by atoms with Crippen molar-refractivity contribution in [3.05, 3.63) is 42.4 Å². The molecule has 7 heteroatoms. The molecule has 3 aromatic rings. The molecule has 0 bridgehead atoms. The molecule has 1 aliphatic rings. The molecule has 0 N–H and O–H groups in total. The predicted octanol–water partition coefficient (Wildman–Crippen LogP) is 1.78. The van der Waals surface area contributed by atoms with Gasteiger partial charge >= 0.3 is 0 Å². The zero-order valence-electron chi connectivity index (χ0n) is 16.7. The van der Waals surface area contributed by atoms with Gasteiger partial charge in [-0.2, -0.15) is 15.3 Å². The van der Waals surface area contributed by atoms with Crippen molar-refractivity contribution < 1.29 is 4.79 Å².